The van der Waals surface area contributed by atoms with Gasteiger partial charge in [0, 0.05) is 18.2 Å². The van der Waals surface area contributed by atoms with Crippen LogP contribution in [0, 0.1) is 0 Å². The molecule has 0 bridgehead atoms. The molecule has 1 aliphatic heterocycles. The largest absolute Gasteiger partial charge is 0.335 e. The summed E-state index contributed by atoms with van der Waals surface area (Å²) in [4.78, 5) is 14.9. The second kappa shape index (κ2) is 8.67. The van der Waals surface area contributed by atoms with E-state index in [1.807, 2.05) is 6.92 Å². The van der Waals surface area contributed by atoms with E-state index >= 15 is 0 Å². The summed E-state index contributed by atoms with van der Waals surface area (Å²) < 4.78 is 48.7. The number of carbonyl (C=O) groups is 1. The maximum absolute atomic E-state index is 13.0. The lowest BCUT2D eigenvalue weighted by Gasteiger charge is -2.28. The first-order chi connectivity index (χ1) is 13.7. The van der Waals surface area contributed by atoms with Crippen molar-refractivity contribution in [2.24, 2.45) is 0 Å². The highest BCUT2D eigenvalue weighted by molar-refractivity contribution is 7.91. The molecule has 0 N–H and O–H groups in total. The van der Waals surface area contributed by atoms with Crippen LogP contribution in [-0.2, 0) is 25.4 Å². The SMILES string of the molecule is CCCN(C(=O)c1ccc(CS(=O)(=O)c2ccccc2)cc1)C1CCS(=O)(=O)C1. The molecule has 1 aliphatic rings. The van der Waals surface area contributed by atoms with Crippen LogP contribution in [0.3, 0.4) is 0 Å². The monoisotopic (exact) mass is 435 g/mol. The van der Waals surface area contributed by atoms with Gasteiger partial charge < -0.3 is 4.90 Å². The summed E-state index contributed by atoms with van der Waals surface area (Å²) >= 11 is 0. The summed E-state index contributed by atoms with van der Waals surface area (Å²) in [5.41, 5.74) is 1.03. The van der Waals surface area contributed by atoms with Crippen molar-refractivity contribution in [3.63, 3.8) is 0 Å². The number of hydrogen-bond donors (Lipinski definition) is 0. The molecule has 0 radical (unpaired) electrons. The fourth-order valence-electron chi connectivity index (χ4n) is 3.55. The zero-order valence-corrected chi connectivity index (χ0v) is 18.0. The lowest BCUT2D eigenvalue weighted by Crippen LogP contribution is -2.41. The Morgan fingerprint density at radius 3 is 2.28 bits per heavy atom. The van der Waals surface area contributed by atoms with Gasteiger partial charge in [-0.25, -0.2) is 16.8 Å². The van der Waals surface area contributed by atoms with Crippen LogP contribution in [0.1, 0.15) is 35.7 Å². The lowest BCUT2D eigenvalue weighted by molar-refractivity contribution is 0.0697. The molecule has 2 aromatic rings. The zero-order valence-electron chi connectivity index (χ0n) is 16.3. The number of amides is 1. The van der Waals surface area contributed by atoms with Gasteiger partial charge in [-0.15, -0.1) is 0 Å². The predicted octanol–water partition coefficient (Wildman–Crippen LogP) is 2.70. The van der Waals surface area contributed by atoms with Crippen molar-refractivity contribution in [3.05, 3.63) is 65.7 Å². The van der Waals surface area contributed by atoms with Gasteiger partial charge >= 0.3 is 0 Å². The second-order valence-electron chi connectivity index (χ2n) is 7.32. The van der Waals surface area contributed by atoms with Crippen LogP contribution < -0.4 is 0 Å². The highest BCUT2D eigenvalue weighted by atomic mass is 32.2. The van der Waals surface area contributed by atoms with Gasteiger partial charge in [-0.1, -0.05) is 37.3 Å². The van der Waals surface area contributed by atoms with Crippen LogP contribution in [0.2, 0.25) is 0 Å². The number of sulfone groups is 2. The van der Waals surface area contributed by atoms with Crippen LogP contribution in [-0.4, -0.2) is 51.7 Å². The Morgan fingerprint density at radius 2 is 1.72 bits per heavy atom. The summed E-state index contributed by atoms with van der Waals surface area (Å²) in [6.07, 6.45) is 1.19. The molecule has 1 atom stereocenters. The molecule has 0 spiro atoms. The summed E-state index contributed by atoms with van der Waals surface area (Å²) in [7, 11) is -6.55. The maximum atomic E-state index is 13.0. The Bertz CT molecular complexity index is 1060. The lowest BCUT2D eigenvalue weighted by atomic mass is 10.1. The van der Waals surface area contributed by atoms with Crippen molar-refractivity contribution < 1.29 is 21.6 Å². The van der Waals surface area contributed by atoms with Gasteiger partial charge in [0.1, 0.15) is 0 Å². The highest BCUT2D eigenvalue weighted by Crippen LogP contribution is 2.21. The van der Waals surface area contributed by atoms with Gasteiger partial charge in [0.25, 0.3) is 5.91 Å². The third kappa shape index (κ3) is 5.25. The quantitative estimate of drug-likeness (QED) is 0.667. The van der Waals surface area contributed by atoms with E-state index in [0.29, 0.717) is 24.1 Å². The fourth-order valence-corrected chi connectivity index (χ4v) is 6.65. The normalized spacial score (nSPS) is 18.4. The van der Waals surface area contributed by atoms with E-state index < -0.39 is 19.7 Å². The summed E-state index contributed by atoms with van der Waals surface area (Å²) in [5.74, 6) is -0.245. The molecule has 29 heavy (non-hydrogen) atoms. The van der Waals surface area contributed by atoms with Crippen molar-refractivity contribution in [1.82, 2.24) is 4.90 Å². The molecule has 1 fully saturated rings. The molecule has 0 saturated carbocycles. The van der Waals surface area contributed by atoms with E-state index in [9.17, 15) is 21.6 Å². The van der Waals surface area contributed by atoms with Crippen molar-refractivity contribution in [3.8, 4) is 0 Å². The van der Waals surface area contributed by atoms with E-state index in [2.05, 4.69) is 0 Å². The number of carbonyl (C=O) groups excluding carboxylic acids is 1. The van der Waals surface area contributed by atoms with Gasteiger partial charge in [-0.05, 0) is 42.7 Å². The minimum Gasteiger partial charge on any atom is -0.335 e. The van der Waals surface area contributed by atoms with Crippen molar-refractivity contribution >= 4 is 25.6 Å². The Balaban J connectivity index is 1.75. The van der Waals surface area contributed by atoms with Crippen LogP contribution in [0.15, 0.2) is 59.5 Å². The molecule has 3 rings (SSSR count). The molecular formula is C21H25NO5S2. The minimum absolute atomic E-state index is 0.00609. The number of benzene rings is 2. The van der Waals surface area contributed by atoms with Crippen molar-refractivity contribution in [1.29, 1.82) is 0 Å². The van der Waals surface area contributed by atoms with Crippen LogP contribution >= 0.6 is 0 Å². The standard InChI is InChI=1S/C21H25NO5S2/c1-2-13-22(19-12-14-28(24,25)16-19)21(23)18-10-8-17(9-11-18)15-29(26,27)20-6-4-3-5-7-20/h3-11,19H,2,12-16H2,1H3. The Hall–Kier alpha value is -2.19. The summed E-state index contributed by atoms with van der Waals surface area (Å²) in [6.45, 7) is 2.43. The molecule has 8 heteroatoms. The van der Waals surface area contributed by atoms with E-state index in [1.54, 1.807) is 59.5 Å². The van der Waals surface area contributed by atoms with Gasteiger partial charge in [0.2, 0.25) is 0 Å². The number of rotatable bonds is 7. The number of nitrogens with zero attached hydrogens (tertiary/aromatic N) is 1. The first-order valence-electron chi connectivity index (χ1n) is 9.60. The molecule has 1 heterocycles. The Kier molecular flexibility index (Phi) is 6.43. The second-order valence-corrected chi connectivity index (χ2v) is 11.5. The third-order valence-electron chi connectivity index (χ3n) is 5.03. The van der Waals surface area contributed by atoms with E-state index in [-0.39, 0.29) is 34.1 Å². The average Bonchev–Trinajstić information content (AvgIpc) is 3.06. The van der Waals surface area contributed by atoms with Gasteiger partial charge in [0.05, 0.1) is 22.2 Å². The molecule has 1 amide bonds. The number of hydrogen-bond acceptors (Lipinski definition) is 5. The first kappa shape index (κ1) is 21.5. The average molecular weight is 436 g/mol. The van der Waals surface area contributed by atoms with E-state index in [4.69, 9.17) is 0 Å². The topological polar surface area (TPSA) is 88.6 Å². The molecule has 156 valence electrons. The third-order valence-corrected chi connectivity index (χ3v) is 8.49. The predicted molar refractivity (Wildman–Crippen MR) is 112 cm³/mol. The summed E-state index contributed by atoms with van der Waals surface area (Å²) in [6, 6.07) is 14.5. The van der Waals surface area contributed by atoms with Crippen LogP contribution in [0.25, 0.3) is 0 Å². The zero-order chi connectivity index (χ0) is 21.1. The molecule has 0 aromatic heterocycles. The van der Waals surface area contributed by atoms with Crippen molar-refractivity contribution in [2.45, 2.75) is 36.5 Å². The van der Waals surface area contributed by atoms with Crippen LogP contribution in [0.4, 0.5) is 0 Å². The molecule has 1 unspecified atom stereocenters. The van der Waals surface area contributed by atoms with E-state index in [0.717, 1.165) is 6.42 Å². The van der Waals surface area contributed by atoms with Gasteiger partial charge in [-0.2, -0.15) is 0 Å². The Labute approximate surface area is 172 Å². The Morgan fingerprint density at radius 1 is 1.07 bits per heavy atom. The molecule has 1 saturated heterocycles. The summed E-state index contributed by atoms with van der Waals surface area (Å²) in [5, 5.41) is 0. The van der Waals surface area contributed by atoms with Gasteiger partial charge in [-0.3, -0.25) is 4.79 Å². The molecular weight excluding hydrogens is 410 g/mol. The smallest absolute Gasteiger partial charge is 0.254 e. The van der Waals surface area contributed by atoms with E-state index in [1.165, 1.54) is 0 Å². The molecule has 6 nitrogen and oxygen atoms in total. The van der Waals surface area contributed by atoms with Crippen molar-refractivity contribution in [2.75, 3.05) is 18.1 Å². The minimum atomic E-state index is -3.46. The molecule has 2 aromatic carbocycles. The van der Waals surface area contributed by atoms with Gasteiger partial charge in [0.15, 0.2) is 19.7 Å². The van der Waals surface area contributed by atoms with Crippen LogP contribution in [0.5, 0.6) is 0 Å². The molecule has 0 aliphatic carbocycles. The maximum Gasteiger partial charge on any atom is 0.254 e. The fraction of sp³-hybridized carbons (Fsp3) is 0.381. The first-order valence-corrected chi connectivity index (χ1v) is 13.1. The highest BCUT2D eigenvalue weighted by Gasteiger charge is 2.34.